The molecule has 1 amide bonds. The van der Waals surface area contributed by atoms with Gasteiger partial charge >= 0.3 is 12.2 Å². The van der Waals surface area contributed by atoms with Crippen LogP contribution in [0.3, 0.4) is 0 Å². The molecule has 9 nitrogen and oxygen atoms in total. The minimum atomic E-state index is -5.18. The number of amides is 1. The fourth-order valence-electron chi connectivity index (χ4n) is 8.20. The molecular weight excluding hydrogens is 739 g/mol. The van der Waals surface area contributed by atoms with E-state index < -0.39 is 81.4 Å². The molecule has 5 heterocycles. The van der Waals surface area contributed by atoms with Crippen molar-refractivity contribution in [3.63, 3.8) is 0 Å². The smallest absolute Gasteiger partial charge is 0.417 e. The highest BCUT2D eigenvalue weighted by Crippen LogP contribution is 2.48. The summed E-state index contributed by atoms with van der Waals surface area (Å²) in [6.45, 7) is 2.48. The molecule has 3 aliphatic heterocycles. The van der Waals surface area contributed by atoms with Crippen LogP contribution in [0.5, 0.6) is 6.01 Å². The molecule has 0 aliphatic carbocycles. The molecule has 0 radical (unpaired) electrons. The Morgan fingerprint density at radius 3 is 2.73 bits per heavy atom. The van der Waals surface area contributed by atoms with Gasteiger partial charge in [-0.3, -0.25) is 9.69 Å². The van der Waals surface area contributed by atoms with Gasteiger partial charge in [0, 0.05) is 48.9 Å². The van der Waals surface area contributed by atoms with Gasteiger partial charge < -0.3 is 20.3 Å². The Labute approximate surface area is 301 Å². The van der Waals surface area contributed by atoms with E-state index in [1.54, 1.807) is 13.0 Å². The van der Waals surface area contributed by atoms with Crippen molar-refractivity contribution in [1.82, 2.24) is 19.8 Å². The molecule has 0 bridgehead atoms. The summed E-state index contributed by atoms with van der Waals surface area (Å²) in [7, 11) is 1.49. The van der Waals surface area contributed by atoms with Crippen molar-refractivity contribution in [1.29, 1.82) is 5.26 Å². The van der Waals surface area contributed by atoms with Gasteiger partial charge in [0.15, 0.2) is 5.82 Å². The summed E-state index contributed by atoms with van der Waals surface area (Å²) in [5.41, 5.74) is -0.791. The Kier molecular flexibility index (Phi) is 9.10. The quantitative estimate of drug-likeness (QED) is 0.156. The summed E-state index contributed by atoms with van der Waals surface area (Å²) < 4.78 is 111. The molecule has 2 N–H and O–H groups in total. The van der Waals surface area contributed by atoms with E-state index in [1.165, 1.54) is 16.8 Å². The van der Waals surface area contributed by atoms with E-state index in [4.69, 9.17) is 22.1 Å². The molecular formula is C34H31ClF7N7O2S. The number of alkyl halides is 6. The Hall–Kier alpha value is -4.14. The molecule has 2 aromatic heterocycles. The molecule has 3 aliphatic rings. The first-order valence-corrected chi connectivity index (χ1v) is 17.7. The topological polar surface area (TPSA) is 112 Å². The molecule has 276 valence electrons. The first-order chi connectivity index (χ1) is 24.6. The van der Waals surface area contributed by atoms with Crippen LogP contribution in [0.25, 0.3) is 32.1 Å². The number of likely N-dealkylation sites (tertiary alicyclic amines) is 1. The lowest BCUT2D eigenvalue weighted by Gasteiger charge is -2.33. The van der Waals surface area contributed by atoms with E-state index >= 15 is 17.6 Å². The highest BCUT2D eigenvalue weighted by Gasteiger charge is 2.49. The van der Waals surface area contributed by atoms with Crippen LogP contribution >= 0.6 is 22.9 Å². The summed E-state index contributed by atoms with van der Waals surface area (Å²) in [5, 5.41) is 9.02. The number of carbonyl (C=O) groups excluding carboxylic acids is 1. The molecule has 5 atom stereocenters. The number of hydrogen-bond donors (Lipinski definition) is 1. The van der Waals surface area contributed by atoms with Gasteiger partial charge in [0.05, 0.1) is 27.4 Å². The van der Waals surface area contributed by atoms with Crippen molar-refractivity contribution >= 4 is 60.7 Å². The number of benzene rings is 2. The van der Waals surface area contributed by atoms with Crippen molar-refractivity contribution in [2.75, 3.05) is 43.9 Å². The Bertz CT molecular complexity index is 2140. The van der Waals surface area contributed by atoms with Gasteiger partial charge in [-0.1, -0.05) is 17.7 Å². The number of halogens is 8. The SMILES string of the molecule is C[C@@H]1[C@H](N(C)c2nc(OC[C@@]34CCCN3C[C@H](F)C4)nc3c(F)c(-c4ccc(F)c5sc(N)c(C#N)c45)c(C(F)(F)F)cc23)CCN1C(=O)[C@H](F)Cl. The van der Waals surface area contributed by atoms with E-state index in [-0.39, 0.29) is 64.4 Å². The van der Waals surface area contributed by atoms with Gasteiger partial charge in [-0.25, -0.2) is 17.6 Å². The van der Waals surface area contributed by atoms with E-state index in [0.717, 1.165) is 18.6 Å². The number of nitrogen functional groups attached to an aromatic ring is 1. The largest absolute Gasteiger partial charge is 0.461 e. The summed E-state index contributed by atoms with van der Waals surface area (Å²) in [5.74, 6) is -3.46. The maximum Gasteiger partial charge on any atom is 0.417 e. The zero-order valence-corrected chi connectivity index (χ0v) is 29.3. The predicted octanol–water partition coefficient (Wildman–Crippen LogP) is 7.18. The summed E-state index contributed by atoms with van der Waals surface area (Å²) >= 11 is 6.08. The van der Waals surface area contributed by atoms with Gasteiger partial charge in [-0.05, 0) is 50.4 Å². The maximum atomic E-state index is 17.1. The number of thiophene rings is 1. The Morgan fingerprint density at radius 2 is 2.04 bits per heavy atom. The summed E-state index contributed by atoms with van der Waals surface area (Å²) in [6, 6.07) is 2.57. The van der Waals surface area contributed by atoms with Gasteiger partial charge in [-0.2, -0.15) is 28.4 Å². The average molecular weight is 770 g/mol. The first-order valence-electron chi connectivity index (χ1n) is 16.4. The van der Waals surface area contributed by atoms with E-state index in [0.29, 0.717) is 30.4 Å². The predicted molar refractivity (Wildman–Crippen MR) is 182 cm³/mol. The molecule has 3 saturated heterocycles. The number of rotatable bonds is 7. The van der Waals surface area contributed by atoms with Crippen LogP contribution in [-0.4, -0.2) is 88.4 Å². The number of aromatic nitrogens is 2. The van der Waals surface area contributed by atoms with Crippen molar-refractivity contribution in [3.8, 4) is 23.2 Å². The lowest BCUT2D eigenvalue weighted by atomic mass is 9.92. The minimum Gasteiger partial charge on any atom is -0.461 e. The molecule has 4 aromatic rings. The molecule has 18 heteroatoms. The Balaban J connectivity index is 1.44. The fourth-order valence-corrected chi connectivity index (χ4v) is 9.28. The van der Waals surface area contributed by atoms with Crippen LogP contribution in [0.4, 0.5) is 41.6 Å². The van der Waals surface area contributed by atoms with Crippen LogP contribution in [0, 0.1) is 23.0 Å². The second-order valence-electron chi connectivity index (χ2n) is 13.5. The van der Waals surface area contributed by atoms with Gasteiger partial charge in [0.25, 0.3) is 11.5 Å². The van der Waals surface area contributed by atoms with E-state index in [9.17, 15) is 23.2 Å². The first kappa shape index (κ1) is 36.2. The van der Waals surface area contributed by atoms with Crippen LogP contribution in [0.2, 0.25) is 0 Å². The van der Waals surface area contributed by atoms with Crippen LogP contribution in [-0.2, 0) is 11.0 Å². The maximum absolute atomic E-state index is 17.1. The van der Waals surface area contributed by atoms with Crippen LogP contribution in [0.1, 0.15) is 43.7 Å². The van der Waals surface area contributed by atoms with Gasteiger partial charge in [0.1, 0.15) is 41.0 Å². The molecule has 7 rings (SSSR count). The highest BCUT2D eigenvalue weighted by atomic mass is 35.5. The molecule has 52 heavy (non-hydrogen) atoms. The third-order valence-electron chi connectivity index (χ3n) is 10.6. The van der Waals surface area contributed by atoms with E-state index in [2.05, 4.69) is 9.97 Å². The number of anilines is 2. The van der Waals surface area contributed by atoms with Crippen LogP contribution in [0.15, 0.2) is 18.2 Å². The van der Waals surface area contributed by atoms with Crippen molar-refractivity contribution in [2.24, 2.45) is 0 Å². The number of hydrogen-bond acceptors (Lipinski definition) is 9. The average Bonchev–Trinajstić information content (AvgIpc) is 3.83. The minimum absolute atomic E-state index is 0.0782. The standard InChI is InChI=1S/C34H31ClF7N7O2S/c1-15-22(6-9-49(15)31(50)28(35)39)47(2)30-18-10-20(34(40,41)42)24(17-4-5-21(37)27-23(17)19(12-43)29(44)52-27)25(38)26(18)45-32(46-30)51-14-33-7-3-8-48(33)13-16(36)11-33/h4-5,10,15-16,22,28H,3,6-9,11,13-14,44H2,1-2H3/t15-,16-,22-,28+,33+/m1/s1. The normalized spacial score (nSPS) is 24.1. The molecule has 0 saturated carbocycles. The second kappa shape index (κ2) is 13.1. The number of fused-ring (bicyclic) bond motifs is 3. The molecule has 3 fully saturated rings. The monoisotopic (exact) mass is 769 g/mol. The number of ether oxygens (including phenoxy) is 1. The number of nitriles is 1. The van der Waals surface area contributed by atoms with Gasteiger partial charge in [0.2, 0.25) is 0 Å². The van der Waals surface area contributed by atoms with E-state index in [1.807, 2.05) is 4.90 Å². The van der Waals surface area contributed by atoms with Gasteiger partial charge in [-0.15, -0.1) is 11.3 Å². The third kappa shape index (κ3) is 5.83. The number of nitrogens with zero attached hydrogens (tertiary/aromatic N) is 6. The second-order valence-corrected chi connectivity index (χ2v) is 14.9. The highest BCUT2D eigenvalue weighted by molar-refractivity contribution is 7.23. The zero-order valence-electron chi connectivity index (χ0n) is 27.7. The molecule has 0 unspecified atom stereocenters. The Morgan fingerprint density at radius 1 is 1.29 bits per heavy atom. The van der Waals surface area contributed by atoms with Crippen LogP contribution < -0.4 is 15.4 Å². The van der Waals surface area contributed by atoms with Crippen molar-refractivity contribution in [3.05, 3.63) is 41.0 Å². The molecule has 0 spiro atoms. The zero-order chi connectivity index (χ0) is 37.4. The van der Waals surface area contributed by atoms with Crippen molar-refractivity contribution < 1.29 is 40.3 Å². The fraction of sp³-hybridized carbons (Fsp3) is 0.471. The number of carbonyl (C=O) groups is 1. The lowest BCUT2D eigenvalue weighted by Crippen LogP contribution is -2.46. The number of likely N-dealkylation sites (N-methyl/N-ethyl adjacent to an activating group) is 1. The summed E-state index contributed by atoms with van der Waals surface area (Å²) in [4.78, 5) is 25.9. The molecule has 2 aromatic carbocycles. The van der Waals surface area contributed by atoms with Crippen molar-refractivity contribution in [2.45, 2.75) is 68.2 Å². The third-order valence-corrected chi connectivity index (χ3v) is 11.9. The number of nitrogens with two attached hydrogens (primary N) is 1. The summed E-state index contributed by atoms with van der Waals surface area (Å²) in [6.07, 6.45) is -4.44. The lowest BCUT2D eigenvalue weighted by molar-refractivity contribution is -0.137.